The van der Waals surface area contributed by atoms with Gasteiger partial charge in [-0.05, 0) is 96.3 Å². The number of phosphoric ester groups is 1. The lowest BCUT2D eigenvalue weighted by molar-refractivity contribution is -0.870. The molecule has 486 valence electrons. The number of rotatable bonds is 64. The van der Waals surface area contributed by atoms with Crippen LogP contribution in [-0.4, -0.2) is 70.0 Å². The van der Waals surface area contributed by atoms with Gasteiger partial charge in [-0.15, -0.1) is 0 Å². The Morgan fingerprint density at radius 3 is 1.01 bits per heavy atom. The third kappa shape index (κ3) is 68.0. The SMILES string of the molecule is CC/C=C\C/C=C\C/C=C\C/C=C\C/C=C\CCCCCCCCCCCCCCCCCCCCCCCC(=O)OC(COC(=O)CCCCCCCCCC/C=C\C/C=C\C/C=C\CCCCCCC)COP(=O)([O-])OCC[N+](C)(C)C. The first-order chi connectivity index (χ1) is 41.0. The van der Waals surface area contributed by atoms with Gasteiger partial charge in [-0.1, -0.05) is 297 Å². The number of likely N-dealkylation sites (N-methyl/N-ethyl adjacent to an activating group) is 1. The van der Waals surface area contributed by atoms with Gasteiger partial charge in [0.25, 0.3) is 7.82 Å². The molecule has 9 nitrogen and oxygen atoms in total. The van der Waals surface area contributed by atoms with Gasteiger partial charge in [0.15, 0.2) is 6.10 Å². The van der Waals surface area contributed by atoms with Crippen LogP contribution >= 0.6 is 7.82 Å². The Labute approximate surface area is 519 Å². The average Bonchev–Trinajstić information content (AvgIpc) is 3.61. The highest BCUT2D eigenvalue weighted by atomic mass is 31.2. The van der Waals surface area contributed by atoms with Gasteiger partial charge in [0.2, 0.25) is 0 Å². The fraction of sp³-hybridized carbons (Fsp3) is 0.757. The molecule has 84 heavy (non-hydrogen) atoms. The lowest BCUT2D eigenvalue weighted by atomic mass is 10.0. The number of quaternary nitrogens is 1. The van der Waals surface area contributed by atoms with Gasteiger partial charge in [0.05, 0.1) is 27.7 Å². The van der Waals surface area contributed by atoms with Crippen molar-refractivity contribution < 1.29 is 42.1 Å². The molecule has 0 saturated heterocycles. The highest BCUT2D eigenvalue weighted by Gasteiger charge is 2.22. The van der Waals surface area contributed by atoms with Crippen LogP contribution in [0.15, 0.2) is 97.2 Å². The molecule has 2 unspecified atom stereocenters. The Kier molecular flexibility index (Phi) is 62.1. The van der Waals surface area contributed by atoms with Crippen LogP contribution in [0.5, 0.6) is 0 Å². The topological polar surface area (TPSA) is 111 Å². The summed E-state index contributed by atoms with van der Waals surface area (Å²) in [6.45, 7) is 4.14. The lowest BCUT2D eigenvalue weighted by Crippen LogP contribution is -2.37. The molecule has 0 heterocycles. The molecule has 0 spiro atoms. The van der Waals surface area contributed by atoms with Crippen molar-refractivity contribution in [1.82, 2.24) is 0 Å². The van der Waals surface area contributed by atoms with Crippen molar-refractivity contribution in [2.75, 3.05) is 47.5 Å². The number of phosphoric acid groups is 1. The first-order valence-corrected chi connectivity index (χ1v) is 36.4. The molecule has 0 bridgehead atoms. The zero-order valence-electron chi connectivity index (χ0n) is 55.3. The molecule has 0 aromatic rings. The normalized spacial score (nSPS) is 13.7. The first-order valence-electron chi connectivity index (χ1n) is 34.9. The second-order valence-electron chi connectivity index (χ2n) is 24.5. The van der Waals surface area contributed by atoms with E-state index in [9.17, 15) is 19.0 Å². The van der Waals surface area contributed by atoms with Crippen LogP contribution in [0.2, 0.25) is 0 Å². The van der Waals surface area contributed by atoms with Gasteiger partial charge in [0.1, 0.15) is 19.8 Å². The minimum atomic E-state index is -4.65. The van der Waals surface area contributed by atoms with Gasteiger partial charge in [-0.3, -0.25) is 14.2 Å². The Bertz CT molecular complexity index is 1740. The molecule has 0 aromatic carbocycles. The second kappa shape index (κ2) is 64.4. The molecular weight excluding hydrogens is 1060 g/mol. The number of esters is 2. The van der Waals surface area contributed by atoms with Crippen molar-refractivity contribution in [3.63, 3.8) is 0 Å². The van der Waals surface area contributed by atoms with Gasteiger partial charge < -0.3 is 27.9 Å². The average molecular weight is 1190 g/mol. The predicted octanol–water partition coefficient (Wildman–Crippen LogP) is 22.1. The van der Waals surface area contributed by atoms with Crippen molar-refractivity contribution >= 4 is 19.8 Å². The molecule has 0 amide bonds. The minimum Gasteiger partial charge on any atom is -0.756 e. The summed E-state index contributed by atoms with van der Waals surface area (Å²) in [5.74, 6) is -0.833. The third-order valence-electron chi connectivity index (χ3n) is 15.1. The summed E-state index contributed by atoms with van der Waals surface area (Å²) >= 11 is 0. The number of allylic oxidation sites excluding steroid dienone is 16. The molecule has 0 aliphatic rings. The molecule has 10 heteroatoms. The van der Waals surface area contributed by atoms with E-state index in [4.69, 9.17) is 18.5 Å². The second-order valence-corrected chi connectivity index (χ2v) is 25.9. The van der Waals surface area contributed by atoms with Gasteiger partial charge in [0, 0.05) is 12.8 Å². The molecule has 0 aromatic heterocycles. The largest absolute Gasteiger partial charge is 0.756 e. The van der Waals surface area contributed by atoms with Crippen LogP contribution in [0.1, 0.15) is 309 Å². The summed E-state index contributed by atoms with van der Waals surface area (Å²) in [6.07, 6.45) is 89.2. The van der Waals surface area contributed by atoms with Crippen molar-refractivity contribution in [1.29, 1.82) is 0 Å². The molecular formula is C74H132NO8P. The third-order valence-corrected chi connectivity index (χ3v) is 16.1. The number of carbonyl (C=O) groups is 2. The Hall–Kier alpha value is -3.07. The monoisotopic (exact) mass is 1190 g/mol. The van der Waals surface area contributed by atoms with E-state index in [1.54, 1.807) is 0 Å². The summed E-state index contributed by atoms with van der Waals surface area (Å²) in [4.78, 5) is 38.0. The van der Waals surface area contributed by atoms with Crippen molar-refractivity contribution in [3.05, 3.63) is 97.2 Å². The number of nitrogens with zero attached hydrogens (tertiary/aromatic N) is 1. The highest BCUT2D eigenvalue weighted by molar-refractivity contribution is 7.45. The van der Waals surface area contributed by atoms with Crippen LogP contribution in [0.3, 0.4) is 0 Å². The zero-order valence-corrected chi connectivity index (χ0v) is 56.2. The summed E-state index contributed by atoms with van der Waals surface area (Å²) in [5.41, 5.74) is 0. The predicted molar refractivity (Wildman–Crippen MR) is 360 cm³/mol. The Morgan fingerprint density at radius 2 is 0.679 bits per heavy atom. The van der Waals surface area contributed by atoms with Gasteiger partial charge in [-0.2, -0.15) is 0 Å². The van der Waals surface area contributed by atoms with Gasteiger partial charge in [-0.25, -0.2) is 0 Å². The van der Waals surface area contributed by atoms with Crippen LogP contribution < -0.4 is 4.89 Å². The van der Waals surface area contributed by atoms with E-state index in [2.05, 4.69) is 111 Å². The Balaban J connectivity index is 4.01. The maximum atomic E-state index is 12.9. The van der Waals surface area contributed by atoms with Crippen LogP contribution in [0, 0.1) is 0 Å². The van der Waals surface area contributed by atoms with Gasteiger partial charge >= 0.3 is 11.9 Å². The standard InChI is InChI=1S/C74H132NO8P/c1-6-8-10-12-14-16-18-20-22-24-26-28-30-31-32-33-34-35-36-37-38-39-40-41-42-43-45-47-49-51-53-55-57-59-61-63-65-67-74(77)83-72(71-82-84(78,79)81-69-68-75(3,4)5)70-80-73(76)66-64-62-60-58-56-54-52-50-48-46-44-29-27-25-23-21-19-17-15-13-11-9-7-2/h8,10,14,16,19-22,25-28,31-32,44,46,72H,6-7,9,11-13,15,17-18,23-24,29-30,33-43,45,47-71H2,1-5H3/b10-8-,16-14-,21-19-,22-20-,27-25-,28-26-,32-31-,46-44-. The Morgan fingerprint density at radius 1 is 0.381 bits per heavy atom. The van der Waals surface area contributed by atoms with Crippen molar-refractivity contribution in [2.24, 2.45) is 0 Å². The molecule has 2 atom stereocenters. The number of ether oxygens (including phenoxy) is 2. The van der Waals surface area contributed by atoms with Crippen LogP contribution in [0.4, 0.5) is 0 Å². The number of carbonyl (C=O) groups excluding carboxylic acids is 2. The summed E-state index contributed by atoms with van der Waals surface area (Å²) in [5, 5.41) is 0. The fourth-order valence-corrected chi connectivity index (χ4v) is 10.5. The maximum Gasteiger partial charge on any atom is 0.306 e. The quantitative estimate of drug-likeness (QED) is 0.0195. The van der Waals surface area contributed by atoms with E-state index in [0.717, 1.165) is 96.3 Å². The molecule has 0 N–H and O–H groups in total. The lowest BCUT2D eigenvalue weighted by Gasteiger charge is -2.28. The zero-order chi connectivity index (χ0) is 61.2. The van der Waals surface area contributed by atoms with Crippen LogP contribution in [-0.2, 0) is 32.7 Å². The van der Waals surface area contributed by atoms with Crippen molar-refractivity contribution in [3.8, 4) is 0 Å². The minimum absolute atomic E-state index is 0.0339. The van der Waals surface area contributed by atoms with Crippen LogP contribution in [0.25, 0.3) is 0 Å². The number of unbranched alkanes of at least 4 members (excludes halogenated alkanes) is 34. The maximum absolute atomic E-state index is 12.9. The van der Waals surface area contributed by atoms with E-state index in [1.165, 1.54) is 180 Å². The smallest absolute Gasteiger partial charge is 0.306 e. The van der Waals surface area contributed by atoms with E-state index >= 15 is 0 Å². The van der Waals surface area contributed by atoms with Crippen molar-refractivity contribution in [2.45, 2.75) is 315 Å². The summed E-state index contributed by atoms with van der Waals surface area (Å²) < 4.78 is 34.3. The number of hydrogen-bond donors (Lipinski definition) is 0. The van der Waals surface area contributed by atoms with E-state index in [-0.39, 0.29) is 32.0 Å². The molecule has 0 aliphatic carbocycles. The number of hydrogen-bond acceptors (Lipinski definition) is 8. The highest BCUT2D eigenvalue weighted by Crippen LogP contribution is 2.38. The first kappa shape index (κ1) is 80.9. The molecule has 0 saturated carbocycles. The van der Waals surface area contributed by atoms with E-state index in [0.29, 0.717) is 17.4 Å². The summed E-state index contributed by atoms with van der Waals surface area (Å²) in [7, 11) is 1.16. The summed E-state index contributed by atoms with van der Waals surface area (Å²) in [6, 6.07) is 0. The molecule has 0 radical (unpaired) electrons. The molecule has 0 rings (SSSR count). The van der Waals surface area contributed by atoms with E-state index < -0.39 is 26.5 Å². The van der Waals surface area contributed by atoms with E-state index in [1.807, 2.05) is 21.1 Å². The molecule has 0 fully saturated rings. The molecule has 0 aliphatic heterocycles. The fourth-order valence-electron chi connectivity index (χ4n) is 9.75.